The Morgan fingerprint density at radius 2 is 2.26 bits per heavy atom. The normalized spacial score (nSPS) is 14.0. The molecule has 1 aliphatic rings. The van der Waals surface area contributed by atoms with Crippen LogP contribution in [0.15, 0.2) is 41.8 Å². The molecule has 8 nitrogen and oxygen atoms in total. The smallest absolute Gasteiger partial charge is 0.262 e. The van der Waals surface area contributed by atoms with Gasteiger partial charge in [0.2, 0.25) is 10.0 Å². The van der Waals surface area contributed by atoms with Gasteiger partial charge < -0.3 is 14.6 Å². The van der Waals surface area contributed by atoms with Crippen LogP contribution in [0.3, 0.4) is 0 Å². The standard InChI is InChI=1S/C14H16N4O4S/c19-14-9-22-13-3-2-11(8-12(13)17-14)23(20,21)16-4-1-6-18-7-5-15-10-18/h2-3,5,7-8,10,16H,1,4,6,9H2,(H,17,19). The average molecular weight is 336 g/mol. The van der Waals surface area contributed by atoms with Gasteiger partial charge in [0.15, 0.2) is 6.61 Å². The van der Waals surface area contributed by atoms with Crippen molar-refractivity contribution in [3.63, 3.8) is 0 Å². The number of fused-ring (bicyclic) bond motifs is 1. The molecule has 9 heteroatoms. The van der Waals surface area contributed by atoms with Crippen LogP contribution in [0.5, 0.6) is 5.75 Å². The number of aromatic nitrogens is 2. The Kier molecular flexibility index (Phi) is 4.30. The number of amides is 1. The summed E-state index contributed by atoms with van der Waals surface area (Å²) < 4.78 is 34.2. The maximum absolute atomic E-state index is 12.3. The van der Waals surface area contributed by atoms with Crippen LogP contribution in [0.4, 0.5) is 5.69 Å². The fourth-order valence-electron chi connectivity index (χ4n) is 2.20. The van der Waals surface area contributed by atoms with Gasteiger partial charge in [-0.05, 0) is 24.6 Å². The number of aryl methyl sites for hydroxylation is 1. The van der Waals surface area contributed by atoms with Crippen molar-refractivity contribution < 1.29 is 17.9 Å². The molecular weight excluding hydrogens is 320 g/mol. The van der Waals surface area contributed by atoms with Crippen molar-refractivity contribution in [1.29, 1.82) is 0 Å². The molecule has 0 unspecified atom stereocenters. The van der Waals surface area contributed by atoms with Gasteiger partial charge in [-0.1, -0.05) is 0 Å². The molecule has 2 N–H and O–H groups in total. The summed E-state index contributed by atoms with van der Waals surface area (Å²) in [5, 5.41) is 2.59. The lowest BCUT2D eigenvalue weighted by atomic mass is 10.2. The zero-order chi connectivity index (χ0) is 16.3. The third-order valence-corrected chi connectivity index (χ3v) is 4.80. The van der Waals surface area contributed by atoms with Crippen LogP contribution in [-0.4, -0.2) is 37.0 Å². The first-order valence-electron chi connectivity index (χ1n) is 7.07. The van der Waals surface area contributed by atoms with E-state index in [0.717, 1.165) is 0 Å². The molecule has 1 aliphatic heterocycles. The van der Waals surface area contributed by atoms with Gasteiger partial charge in [0.25, 0.3) is 5.91 Å². The fraction of sp³-hybridized carbons (Fsp3) is 0.286. The Morgan fingerprint density at radius 3 is 3.04 bits per heavy atom. The first kappa shape index (κ1) is 15.5. The zero-order valence-electron chi connectivity index (χ0n) is 12.2. The third kappa shape index (κ3) is 3.69. The molecule has 1 aromatic heterocycles. The number of hydrogen-bond donors (Lipinski definition) is 2. The third-order valence-electron chi connectivity index (χ3n) is 3.34. The van der Waals surface area contributed by atoms with Crippen molar-refractivity contribution in [3.8, 4) is 5.75 Å². The van der Waals surface area contributed by atoms with Crippen LogP contribution in [0.2, 0.25) is 0 Å². The van der Waals surface area contributed by atoms with Crippen LogP contribution in [-0.2, 0) is 21.4 Å². The van der Waals surface area contributed by atoms with Gasteiger partial charge in [0.1, 0.15) is 5.75 Å². The van der Waals surface area contributed by atoms with E-state index in [2.05, 4.69) is 15.0 Å². The summed E-state index contributed by atoms with van der Waals surface area (Å²) in [5.74, 6) is 0.156. The fourth-order valence-corrected chi connectivity index (χ4v) is 3.30. The molecule has 0 radical (unpaired) electrons. The highest BCUT2D eigenvalue weighted by Gasteiger charge is 2.20. The van der Waals surface area contributed by atoms with Gasteiger partial charge >= 0.3 is 0 Å². The highest BCUT2D eigenvalue weighted by molar-refractivity contribution is 7.89. The Balaban J connectivity index is 1.63. The van der Waals surface area contributed by atoms with E-state index in [-0.39, 0.29) is 17.4 Å². The number of nitrogens with one attached hydrogen (secondary N) is 2. The van der Waals surface area contributed by atoms with Gasteiger partial charge in [0.05, 0.1) is 16.9 Å². The predicted molar refractivity (Wildman–Crippen MR) is 82.6 cm³/mol. The van der Waals surface area contributed by atoms with E-state index in [1.165, 1.54) is 18.2 Å². The second-order valence-corrected chi connectivity index (χ2v) is 6.81. The quantitative estimate of drug-likeness (QED) is 0.751. The molecule has 0 spiro atoms. The van der Waals surface area contributed by atoms with E-state index in [0.29, 0.717) is 30.9 Å². The number of carbonyl (C=O) groups excluding carboxylic acids is 1. The predicted octanol–water partition coefficient (Wildman–Crippen LogP) is 0.583. The molecule has 0 atom stereocenters. The highest BCUT2D eigenvalue weighted by atomic mass is 32.2. The molecular formula is C14H16N4O4S. The minimum Gasteiger partial charge on any atom is -0.482 e. The molecule has 1 amide bonds. The van der Waals surface area contributed by atoms with Crippen LogP contribution in [0.1, 0.15) is 6.42 Å². The average Bonchev–Trinajstić information content (AvgIpc) is 3.04. The summed E-state index contributed by atoms with van der Waals surface area (Å²) in [7, 11) is -3.63. The lowest BCUT2D eigenvalue weighted by molar-refractivity contribution is -0.118. The Labute approximate surface area is 133 Å². The molecule has 23 heavy (non-hydrogen) atoms. The summed E-state index contributed by atoms with van der Waals surface area (Å²) in [6.07, 6.45) is 5.81. The van der Waals surface area contributed by atoms with Gasteiger partial charge in [0, 0.05) is 25.5 Å². The summed E-state index contributed by atoms with van der Waals surface area (Å²) in [5.41, 5.74) is 0.363. The second-order valence-electron chi connectivity index (χ2n) is 5.05. The first-order chi connectivity index (χ1) is 11.0. The number of rotatable bonds is 6. The minimum atomic E-state index is -3.63. The number of ether oxygens (including phenoxy) is 1. The number of sulfonamides is 1. The van der Waals surface area contributed by atoms with Crippen LogP contribution >= 0.6 is 0 Å². The molecule has 0 fully saturated rings. The Bertz CT molecular complexity index is 802. The summed E-state index contributed by atoms with van der Waals surface area (Å²) in [6.45, 7) is 0.919. The zero-order valence-corrected chi connectivity index (χ0v) is 13.0. The first-order valence-corrected chi connectivity index (χ1v) is 8.55. The van der Waals surface area contributed by atoms with E-state index in [4.69, 9.17) is 4.74 Å². The summed E-state index contributed by atoms with van der Waals surface area (Å²) >= 11 is 0. The number of benzene rings is 1. The number of nitrogens with zero attached hydrogens (tertiary/aromatic N) is 2. The van der Waals surface area contributed by atoms with E-state index < -0.39 is 10.0 Å². The van der Waals surface area contributed by atoms with Crippen molar-refractivity contribution in [3.05, 3.63) is 36.9 Å². The van der Waals surface area contributed by atoms with E-state index in [1.807, 2.05) is 10.8 Å². The van der Waals surface area contributed by atoms with Crippen molar-refractivity contribution in [1.82, 2.24) is 14.3 Å². The van der Waals surface area contributed by atoms with Crippen LogP contribution in [0, 0.1) is 0 Å². The molecule has 3 rings (SSSR count). The molecule has 122 valence electrons. The van der Waals surface area contributed by atoms with Crippen LogP contribution in [0.25, 0.3) is 0 Å². The molecule has 2 heterocycles. The SMILES string of the molecule is O=C1COc2ccc(S(=O)(=O)NCCCn3ccnc3)cc2N1. The van der Waals surface area contributed by atoms with E-state index in [9.17, 15) is 13.2 Å². The van der Waals surface area contributed by atoms with Gasteiger partial charge in [-0.3, -0.25) is 4.79 Å². The van der Waals surface area contributed by atoms with E-state index >= 15 is 0 Å². The molecule has 0 aliphatic carbocycles. The van der Waals surface area contributed by atoms with Gasteiger partial charge in [-0.25, -0.2) is 18.1 Å². The summed E-state index contributed by atoms with van der Waals surface area (Å²) in [6, 6.07) is 4.38. The van der Waals surface area contributed by atoms with Crippen LogP contribution < -0.4 is 14.8 Å². The lowest BCUT2D eigenvalue weighted by Gasteiger charge is -2.18. The molecule has 0 saturated heterocycles. The Morgan fingerprint density at radius 1 is 1.39 bits per heavy atom. The second kappa shape index (κ2) is 6.39. The number of anilines is 1. The molecule has 1 aromatic carbocycles. The lowest BCUT2D eigenvalue weighted by Crippen LogP contribution is -2.27. The largest absolute Gasteiger partial charge is 0.482 e. The van der Waals surface area contributed by atoms with Crippen molar-refractivity contribution >= 4 is 21.6 Å². The van der Waals surface area contributed by atoms with Crippen molar-refractivity contribution in [2.24, 2.45) is 0 Å². The van der Waals surface area contributed by atoms with Gasteiger partial charge in [-0.2, -0.15) is 0 Å². The maximum Gasteiger partial charge on any atom is 0.262 e. The molecule has 0 saturated carbocycles. The van der Waals surface area contributed by atoms with Gasteiger partial charge in [-0.15, -0.1) is 0 Å². The number of imidazole rings is 1. The topological polar surface area (TPSA) is 102 Å². The van der Waals surface area contributed by atoms with Crippen molar-refractivity contribution in [2.75, 3.05) is 18.5 Å². The minimum absolute atomic E-state index is 0.0639. The Hall–Kier alpha value is -2.39. The highest BCUT2D eigenvalue weighted by Crippen LogP contribution is 2.29. The van der Waals surface area contributed by atoms with Crippen molar-refractivity contribution in [2.45, 2.75) is 17.9 Å². The molecule has 2 aromatic rings. The maximum atomic E-state index is 12.3. The van der Waals surface area contributed by atoms with E-state index in [1.54, 1.807) is 12.5 Å². The summed E-state index contributed by atoms with van der Waals surface area (Å²) in [4.78, 5) is 15.3. The number of carbonyl (C=O) groups is 1. The monoisotopic (exact) mass is 336 g/mol. The number of hydrogen-bond acceptors (Lipinski definition) is 5. The molecule has 0 bridgehead atoms.